The van der Waals surface area contributed by atoms with Crippen LogP contribution in [0, 0.1) is 0 Å². The lowest BCUT2D eigenvalue weighted by atomic mass is 10.0. The molecule has 0 amide bonds. The third-order valence-electron chi connectivity index (χ3n) is 3.37. The maximum Gasteiger partial charge on any atom is 0.0593 e. The fourth-order valence-corrected chi connectivity index (χ4v) is 3.28. The maximum atomic E-state index is 6.32. The SMILES string of the molecule is CCC(N)C(c1cccs1)N(C)Cc1ccncc1. The molecule has 4 heteroatoms. The largest absolute Gasteiger partial charge is 0.326 e. The highest BCUT2D eigenvalue weighted by molar-refractivity contribution is 7.10. The van der Waals surface area contributed by atoms with E-state index in [4.69, 9.17) is 5.73 Å². The zero-order valence-electron chi connectivity index (χ0n) is 11.5. The summed E-state index contributed by atoms with van der Waals surface area (Å²) in [5, 5.41) is 2.12. The predicted octanol–water partition coefficient (Wildman–Crippen LogP) is 3.05. The molecule has 2 N–H and O–H groups in total. The van der Waals surface area contributed by atoms with E-state index in [1.54, 1.807) is 11.3 Å². The molecule has 0 saturated carbocycles. The van der Waals surface area contributed by atoms with Gasteiger partial charge in [-0.3, -0.25) is 9.88 Å². The molecule has 2 aromatic heterocycles. The van der Waals surface area contributed by atoms with Gasteiger partial charge in [0.05, 0.1) is 6.04 Å². The Kier molecular flexibility index (Phi) is 5.07. The lowest BCUT2D eigenvalue weighted by Gasteiger charge is -2.31. The number of thiophene rings is 1. The third-order valence-corrected chi connectivity index (χ3v) is 4.31. The van der Waals surface area contributed by atoms with E-state index in [-0.39, 0.29) is 12.1 Å². The minimum atomic E-state index is 0.158. The Bertz CT molecular complexity index is 469. The van der Waals surface area contributed by atoms with E-state index < -0.39 is 0 Å². The van der Waals surface area contributed by atoms with Crippen molar-refractivity contribution in [3.05, 3.63) is 52.5 Å². The summed E-state index contributed by atoms with van der Waals surface area (Å²) in [4.78, 5) is 7.73. The van der Waals surface area contributed by atoms with Crippen LogP contribution in [0.4, 0.5) is 0 Å². The molecule has 0 aliphatic heterocycles. The number of rotatable bonds is 6. The second-order valence-electron chi connectivity index (χ2n) is 4.80. The number of nitrogens with two attached hydrogens (primary N) is 1. The number of likely N-dealkylation sites (N-methyl/N-ethyl adjacent to an activating group) is 1. The van der Waals surface area contributed by atoms with Gasteiger partial charge in [0.15, 0.2) is 0 Å². The van der Waals surface area contributed by atoms with Crippen LogP contribution in [0.2, 0.25) is 0 Å². The van der Waals surface area contributed by atoms with Gasteiger partial charge >= 0.3 is 0 Å². The molecule has 2 unspecified atom stereocenters. The Balaban J connectivity index is 2.14. The molecule has 19 heavy (non-hydrogen) atoms. The summed E-state index contributed by atoms with van der Waals surface area (Å²) in [6.45, 7) is 3.03. The van der Waals surface area contributed by atoms with Gasteiger partial charge in [0, 0.05) is 29.9 Å². The van der Waals surface area contributed by atoms with Gasteiger partial charge in [-0.1, -0.05) is 13.0 Å². The molecule has 0 radical (unpaired) electrons. The second-order valence-corrected chi connectivity index (χ2v) is 5.78. The van der Waals surface area contributed by atoms with Crippen LogP contribution in [0.15, 0.2) is 42.0 Å². The van der Waals surface area contributed by atoms with Crippen LogP contribution in [0.3, 0.4) is 0 Å². The molecule has 0 aliphatic carbocycles. The van der Waals surface area contributed by atoms with E-state index in [2.05, 4.69) is 53.5 Å². The lowest BCUT2D eigenvalue weighted by molar-refractivity contribution is 0.205. The van der Waals surface area contributed by atoms with Gasteiger partial charge in [-0.05, 0) is 42.6 Å². The van der Waals surface area contributed by atoms with Crippen molar-refractivity contribution in [1.29, 1.82) is 0 Å². The molecule has 2 heterocycles. The van der Waals surface area contributed by atoms with E-state index in [0.29, 0.717) is 0 Å². The van der Waals surface area contributed by atoms with Crippen molar-refractivity contribution in [2.45, 2.75) is 32.0 Å². The van der Waals surface area contributed by atoms with Crippen molar-refractivity contribution in [1.82, 2.24) is 9.88 Å². The van der Waals surface area contributed by atoms with Crippen LogP contribution in [0.25, 0.3) is 0 Å². The van der Waals surface area contributed by atoms with Gasteiger partial charge in [0.25, 0.3) is 0 Å². The molecule has 0 aliphatic rings. The molecule has 0 saturated heterocycles. The van der Waals surface area contributed by atoms with E-state index in [9.17, 15) is 0 Å². The average Bonchev–Trinajstić information content (AvgIpc) is 2.93. The highest BCUT2D eigenvalue weighted by atomic mass is 32.1. The zero-order valence-corrected chi connectivity index (χ0v) is 12.3. The van der Waals surface area contributed by atoms with Gasteiger partial charge in [0.2, 0.25) is 0 Å². The summed E-state index contributed by atoms with van der Waals surface area (Å²) in [6, 6.07) is 8.81. The van der Waals surface area contributed by atoms with Gasteiger partial charge in [-0.2, -0.15) is 0 Å². The third kappa shape index (κ3) is 3.62. The Morgan fingerprint density at radius 1 is 1.32 bits per heavy atom. The van der Waals surface area contributed by atoms with Crippen molar-refractivity contribution in [2.24, 2.45) is 5.73 Å². The summed E-state index contributed by atoms with van der Waals surface area (Å²) >= 11 is 1.78. The van der Waals surface area contributed by atoms with Crippen molar-refractivity contribution in [3.8, 4) is 0 Å². The molecule has 0 bridgehead atoms. The molecule has 0 spiro atoms. The summed E-state index contributed by atoms with van der Waals surface area (Å²) in [5.74, 6) is 0. The van der Waals surface area contributed by atoms with E-state index in [1.807, 2.05) is 12.4 Å². The molecule has 0 fully saturated rings. The standard InChI is InChI=1S/C15H21N3S/c1-3-13(16)15(14-5-4-10-19-14)18(2)11-12-6-8-17-9-7-12/h4-10,13,15H,3,11,16H2,1-2H3. The normalized spacial score (nSPS) is 14.5. The number of nitrogens with zero attached hydrogens (tertiary/aromatic N) is 2. The molecule has 2 aromatic rings. The summed E-state index contributed by atoms with van der Waals surface area (Å²) in [5.41, 5.74) is 7.58. The maximum absolute atomic E-state index is 6.32. The van der Waals surface area contributed by atoms with E-state index in [0.717, 1.165) is 13.0 Å². The number of hydrogen-bond acceptors (Lipinski definition) is 4. The highest BCUT2D eigenvalue weighted by Crippen LogP contribution is 2.28. The van der Waals surface area contributed by atoms with Crippen molar-refractivity contribution in [3.63, 3.8) is 0 Å². The summed E-state index contributed by atoms with van der Waals surface area (Å²) < 4.78 is 0. The molecular formula is C15H21N3S. The van der Waals surface area contributed by atoms with Gasteiger partial charge < -0.3 is 5.73 Å². The minimum Gasteiger partial charge on any atom is -0.326 e. The molecule has 102 valence electrons. The van der Waals surface area contributed by atoms with Crippen molar-refractivity contribution < 1.29 is 0 Å². The lowest BCUT2D eigenvalue weighted by Crippen LogP contribution is -2.38. The summed E-state index contributed by atoms with van der Waals surface area (Å²) in [7, 11) is 2.14. The van der Waals surface area contributed by atoms with Gasteiger partial charge in [-0.25, -0.2) is 0 Å². The van der Waals surface area contributed by atoms with Crippen LogP contribution in [-0.4, -0.2) is 23.0 Å². The van der Waals surface area contributed by atoms with Crippen LogP contribution < -0.4 is 5.73 Å². The first-order chi connectivity index (χ1) is 9.22. The molecule has 3 nitrogen and oxygen atoms in total. The first-order valence-electron chi connectivity index (χ1n) is 6.60. The Morgan fingerprint density at radius 2 is 2.05 bits per heavy atom. The zero-order chi connectivity index (χ0) is 13.7. The number of hydrogen-bond donors (Lipinski definition) is 1. The average molecular weight is 275 g/mol. The number of aromatic nitrogens is 1. The van der Waals surface area contributed by atoms with E-state index >= 15 is 0 Å². The summed E-state index contributed by atoms with van der Waals surface area (Å²) in [6.07, 6.45) is 4.65. The van der Waals surface area contributed by atoms with E-state index in [1.165, 1.54) is 10.4 Å². The first-order valence-corrected chi connectivity index (χ1v) is 7.48. The van der Waals surface area contributed by atoms with Crippen LogP contribution in [-0.2, 0) is 6.54 Å². The van der Waals surface area contributed by atoms with Crippen LogP contribution in [0.1, 0.15) is 29.8 Å². The highest BCUT2D eigenvalue weighted by Gasteiger charge is 2.23. The minimum absolute atomic E-state index is 0.158. The monoisotopic (exact) mass is 275 g/mol. The van der Waals surface area contributed by atoms with Gasteiger partial charge in [0.1, 0.15) is 0 Å². The Labute approximate surface area is 119 Å². The van der Waals surface area contributed by atoms with Gasteiger partial charge in [-0.15, -0.1) is 11.3 Å². The van der Waals surface area contributed by atoms with Crippen LogP contribution >= 0.6 is 11.3 Å². The molecular weight excluding hydrogens is 254 g/mol. The predicted molar refractivity (Wildman–Crippen MR) is 81.0 cm³/mol. The number of pyridine rings is 1. The van der Waals surface area contributed by atoms with Crippen molar-refractivity contribution in [2.75, 3.05) is 7.05 Å². The fourth-order valence-electron chi connectivity index (χ4n) is 2.31. The Hall–Kier alpha value is -1.23. The quantitative estimate of drug-likeness (QED) is 0.881. The van der Waals surface area contributed by atoms with Crippen LogP contribution in [0.5, 0.6) is 0 Å². The van der Waals surface area contributed by atoms with Crippen molar-refractivity contribution >= 4 is 11.3 Å². The topological polar surface area (TPSA) is 42.1 Å². The fraction of sp³-hybridized carbons (Fsp3) is 0.400. The first kappa shape index (κ1) is 14.2. The Morgan fingerprint density at radius 3 is 2.63 bits per heavy atom. The molecule has 2 atom stereocenters. The smallest absolute Gasteiger partial charge is 0.0593 e. The molecule has 0 aromatic carbocycles. The second kappa shape index (κ2) is 6.80. The molecule has 2 rings (SSSR count).